The lowest BCUT2D eigenvalue weighted by molar-refractivity contribution is 0.0775. The Hall–Kier alpha value is -2.78. The van der Waals surface area contributed by atoms with Gasteiger partial charge >= 0.3 is 0 Å². The first-order chi connectivity index (χ1) is 13.8. The number of furan rings is 1. The molecule has 1 aromatic heterocycles. The molecule has 0 aliphatic carbocycles. The lowest BCUT2D eigenvalue weighted by Crippen LogP contribution is -2.26. The van der Waals surface area contributed by atoms with E-state index in [9.17, 15) is 13.2 Å². The van der Waals surface area contributed by atoms with Crippen molar-refractivity contribution in [2.24, 2.45) is 0 Å². The minimum atomic E-state index is -3.98. The number of amides is 1. The molecular weight excluding hydrogens is 460 g/mol. The van der Waals surface area contributed by atoms with Crippen LogP contribution in [0.2, 0.25) is 0 Å². The van der Waals surface area contributed by atoms with E-state index in [2.05, 4.69) is 20.7 Å². The number of nitrogens with one attached hydrogen (secondary N) is 1. The van der Waals surface area contributed by atoms with Gasteiger partial charge in [-0.3, -0.25) is 9.52 Å². The fraction of sp³-hybridized carbons (Fsp3) is 0.150. The molecule has 0 saturated heterocycles. The lowest BCUT2D eigenvalue weighted by Gasteiger charge is -2.17. The third kappa shape index (κ3) is 4.99. The van der Waals surface area contributed by atoms with Gasteiger partial charge in [-0.05, 0) is 54.6 Å². The van der Waals surface area contributed by atoms with Crippen molar-refractivity contribution in [3.05, 3.63) is 76.7 Å². The van der Waals surface area contributed by atoms with E-state index in [1.54, 1.807) is 43.4 Å². The Labute approximate surface area is 177 Å². The van der Waals surface area contributed by atoms with Crippen molar-refractivity contribution in [1.82, 2.24) is 4.90 Å². The van der Waals surface area contributed by atoms with Crippen molar-refractivity contribution < 1.29 is 22.4 Å². The molecule has 29 heavy (non-hydrogen) atoms. The second-order valence-corrected chi connectivity index (χ2v) is 8.79. The minimum Gasteiger partial charge on any atom is -0.495 e. The quantitative estimate of drug-likeness (QED) is 0.551. The number of nitrogens with zero attached hydrogens (tertiary/aromatic N) is 1. The average Bonchev–Trinajstić information content (AvgIpc) is 3.21. The van der Waals surface area contributed by atoms with Gasteiger partial charge in [-0.25, -0.2) is 8.42 Å². The standard InChI is InChI=1S/C20H19BrN2O5S/c1-23(13-17-4-3-11-28-17)20(24)14-5-10-18(27-2)19(12-14)29(25,26)22-16-8-6-15(21)7-9-16/h3-12,22H,13H2,1-2H3. The van der Waals surface area contributed by atoms with Gasteiger partial charge < -0.3 is 14.1 Å². The first-order valence-electron chi connectivity index (χ1n) is 8.54. The summed E-state index contributed by atoms with van der Waals surface area (Å²) in [6.45, 7) is 0.261. The number of ether oxygens (including phenoxy) is 1. The first kappa shape index (κ1) is 20.9. The number of sulfonamides is 1. The van der Waals surface area contributed by atoms with Gasteiger partial charge in [-0.15, -0.1) is 0 Å². The molecule has 0 saturated carbocycles. The monoisotopic (exact) mass is 478 g/mol. The molecule has 3 rings (SSSR count). The first-order valence-corrected chi connectivity index (χ1v) is 10.8. The number of carbonyl (C=O) groups excluding carboxylic acids is 1. The van der Waals surface area contributed by atoms with E-state index >= 15 is 0 Å². The Morgan fingerprint density at radius 1 is 1.17 bits per heavy atom. The van der Waals surface area contributed by atoms with Crippen molar-refractivity contribution in [2.75, 3.05) is 18.9 Å². The molecule has 0 spiro atoms. The highest BCUT2D eigenvalue weighted by molar-refractivity contribution is 9.10. The smallest absolute Gasteiger partial charge is 0.265 e. The van der Waals surface area contributed by atoms with Crippen molar-refractivity contribution in [1.29, 1.82) is 0 Å². The summed E-state index contributed by atoms with van der Waals surface area (Å²) in [6.07, 6.45) is 1.53. The number of methoxy groups -OCH3 is 1. The Morgan fingerprint density at radius 2 is 1.90 bits per heavy atom. The van der Waals surface area contributed by atoms with Gasteiger partial charge in [0.25, 0.3) is 15.9 Å². The van der Waals surface area contributed by atoms with Crippen molar-refractivity contribution in [2.45, 2.75) is 11.4 Å². The maximum atomic E-state index is 12.9. The summed E-state index contributed by atoms with van der Waals surface area (Å²) in [4.78, 5) is 14.1. The van der Waals surface area contributed by atoms with E-state index in [4.69, 9.17) is 9.15 Å². The maximum absolute atomic E-state index is 12.9. The van der Waals surface area contributed by atoms with Gasteiger partial charge in [0.2, 0.25) is 0 Å². The minimum absolute atomic E-state index is 0.125. The number of carbonyl (C=O) groups is 1. The molecule has 0 aliphatic heterocycles. The van der Waals surface area contributed by atoms with Gasteiger partial charge in [0.15, 0.2) is 0 Å². The zero-order chi connectivity index (χ0) is 21.0. The molecule has 0 atom stereocenters. The molecule has 2 aromatic carbocycles. The molecule has 1 heterocycles. The second-order valence-electron chi connectivity index (χ2n) is 6.22. The number of hydrogen-bond acceptors (Lipinski definition) is 5. The summed E-state index contributed by atoms with van der Waals surface area (Å²) in [5, 5.41) is 0. The van der Waals surface area contributed by atoms with Crippen LogP contribution in [0.15, 0.2) is 74.6 Å². The van der Waals surface area contributed by atoms with Crippen molar-refractivity contribution >= 4 is 37.5 Å². The second kappa shape index (κ2) is 8.71. The fourth-order valence-corrected chi connectivity index (χ4v) is 4.20. The predicted octanol–water partition coefficient (Wildman–Crippen LogP) is 4.12. The molecule has 0 radical (unpaired) electrons. The molecule has 1 amide bonds. The van der Waals surface area contributed by atoms with Crippen LogP contribution >= 0.6 is 15.9 Å². The Balaban J connectivity index is 1.89. The van der Waals surface area contributed by atoms with Crippen LogP contribution in [-0.2, 0) is 16.6 Å². The summed E-state index contributed by atoms with van der Waals surface area (Å²) in [6, 6.07) is 14.5. The van der Waals surface area contributed by atoms with E-state index in [-0.39, 0.29) is 28.7 Å². The molecular formula is C20H19BrN2O5S. The summed E-state index contributed by atoms with van der Waals surface area (Å²) < 4.78 is 39.6. The molecule has 0 aliphatic rings. The van der Waals surface area contributed by atoms with E-state index in [1.807, 2.05) is 0 Å². The van der Waals surface area contributed by atoms with Crippen LogP contribution in [0.25, 0.3) is 0 Å². The van der Waals surface area contributed by atoms with Gasteiger partial charge in [0, 0.05) is 22.8 Å². The van der Waals surface area contributed by atoms with Crippen molar-refractivity contribution in [3.63, 3.8) is 0 Å². The Kier molecular flexibility index (Phi) is 6.29. The van der Waals surface area contributed by atoms with Crippen LogP contribution < -0.4 is 9.46 Å². The third-order valence-corrected chi connectivity index (χ3v) is 6.05. The fourth-order valence-electron chi connectivity index (χ4n) is 2.68. The number of benzene rings is 2. The number of anilines is 1. The van der Waals surface area contributed by atoms with Gasteiger partial charge in [-0.1, -0.05) is 15.9 Å². The highest BCUT2D eigenvalue weighted by Gasteiger charge is 2.23. The maximum Gasteiger partial charge on any atom is 0.265 e. The van der Waals surface area contributed by atoms with Crippen LogP contribution in [-0.4, -0.2) is 33.4 Å². The molecule has 1 N–H and O–H groups in total. The highest BCUT2D eigenvalue weighted by atomic mass is 79.9. The number of rotatable bonds is 7. The lowest BCUT2D eigenvalue weighted by atomic mass is 10.2. The van der Waals surface area contributed by atoms with Crippen LogP contribution in [0, 0.1) is 0 Å². The largest absolute Gasteiger partial charge is 0.495 e. The van der Waals surface area contributed by atoms with Gasteiger partial charge in [-0.2, -0.15) is 0 Å². The molecule has 7 nitrogen and oxygen atoms in total. The normalized spacial score (nSPS) is 11.1. The predicted molar refractivity (Wildman–Crippen MR) is 112 cm³/mol. The van der Waals surface area contributed by atoms with Gasteiger partial charge in [0.1, 0.15) is 16.4 Å². The highest BCUT2D eigenvalue weighted by Crippen LogP contribution is 2.28. The van der Waals surface area contributed by atoms with E-state index in [1.165, 1.54) is 36.5 Å². The summed E-state index contributed by atoms with van der Waals surface area (Å²) >= 11 is 3.31. The van der Waals surface area contributed by atoms with E-state index < -0.39 is 10.0 Å². The SMILES string of the molecule is COc1ccc(C(=O)N(C)Cc2ccco2)cc1S(=O)(=O)Nc1ccc(Br)cc1. The zero-order valence-corrected chi connectivity index (χ0v) is 18.2. The van der Waals surface area contributed by atoms with Crippen LogP contribution in [0.5, 0.6) is 5.75 Å². The summed E-state index contributed by atoms with van der Waals surface area (Å²) in [7, 11) is -0.992. The number of halogens is 1. The van der Waals surface area contributed by atoms with Gasteiger partial charge in [0.05, 0.1) is 19.9 Å². The van der Waals surface area contributed by atoms with E-state index in [0.717, 1.165) is 4.47 Å². The van der Waals surface area contributed by atoms with Crippen LogP contribution in [0.3, 0.4) is 0 Å². The molecule has 0 bridgehead atoms. The van der Waals surface area contributed by atoms with E-state index in [0.29, 0.717) is 11.4 Å². The van der Waals surface area contributed by atoms with Crippen LogP contribution in [0.4, 0.5) is 5.69 Å². The third-order valence-electron chi connectivity index (χ3n) is 4.12. The molecule has 0 fully saturated rings. The summed E-state index contributed by atoms with van der Waals surface area (Å²) in [5.41, 5.74) is 0.609. The molecule has 3 aromatic rings. The average molecular weight is 479 g/mol. The number of hydrogen-bond donors (Lipinski definition) is 1. The van der Waals surface area contributed by atoms with Crippen molar-refractivity contribution in [3.8, 4) is 5.75 Å². The molecule has 9 heteroatoms. The Bertz CT molecular complexity index is 1100. The Morgan fingerprint density at radius 3 is 2.52 bits per heavy atom. The van der Waals surface area contributed by atoms with Crippen LogP contribution in [0.1, 0.15) is 16.1 Å². The zero-order valence-electron chi connectivity index (χ0n) is 15.8. The summed E-state index contributed by atoms with van der Waals surface area (Å²) in [5.74, 6) is 0.420. The molecule has 152 valence electrons. The topological polar surface area (TPSA) is 88.8 Å². The molecule has 0 unspecified atom stereocenters.